The molecule has 1 aromatic heterocycles. The first-order valence-electron chi connectivity index (χ1n) is 5.67. The molecule has 94 valence electrons. The van der Waals surface area contributed by atoms with E-state index in [1.807, 2.05) is 0 Å². The monoisotopic (exact) mass is 238 g/mol. The lowest BCUT2D eigenvalue weighted by Gasteiger charge is -2.35. The van der Waals surface area contributed by atoms with Gasteiger partial charge in [-0.3, -0.25) is 9.48 Å². The highest BCUT2D eigenvalue weighted by molar-refractivity contribution is 5.83. The topological polar surface area (TPSA) is 82.2 Å². The third-order valence-electron chi connectivity index (χ3n) is 3.14. The van der Waals surface area contributed by atoms with Gasteiger partial charge in [0.05, 0.1) is 12.3 Å². The summed E-state index contributed by atoms with van der Waals surface area (Å²) in [5.41, 5.74) is 6.58. The number of amides is 1. The Bertz CT molecular complexity index is 398. The summed E-state index contributed by atoms with van der Waals surface area (Å²) in [7, 11) is 3.48. The van der Waals surface area contributed by atoms with E-state index >= 15 is 0 Å². The first kappa shape index (κ1) is 12.1. The molecule has 0 aromatic carbocycles. The number of aromatic nitrogens is 2. The number of aryl methyl sites for hydroxylation is 1. The maximum absolute atomic E-state index is 11.8. The van der Waals surface area contributed by atoms with Crippen molar-refractivity contribution in [3.05, 3.63) is 18.0 Å². The van der Waals surface area contributed by atoms with Crippen LogP contribution >= 0.6 is 0 Å². The maximum atomic E-state index is 11.8. The second kappa shape index (κ2) is 4.85. The normalized spacial score (nSPS) is 25.1. The van der Waals surface area contributed by atoms with Gasteiger partial charge >= 0.3 is 0 Å². The van der Waals surface area contributed by atoms with Crippen LogP contribution in [0.4, 0.5) is 0 Å². The molecule has 1 atom stereocenters. The van der Waals surface area contributed by atoms with Crippen molar-refractivity contribution in [2.75, 3.05) is 7.11 Å². The smallest absolute Gasteiger partial charge is 0.241 e. The molecule has 6 nitrogen and oxygen atoms in total. The molecule has 0 radical (unpaired) electrons. The van der Waals surface area contributed by atoms with Crippen LogP contribution in [0.2, 0.25) is 0 Å². The highest BCUT2D eigenvalue weighted by Crippen LogP contribution is 2.23. The fourth-order valence-electron chi connectivity index (χ4n) is 1.92. The van der Waals surface area contributed by atoms with Gasteiger partial charge in [-0.15, -0.1) is 0 Å². The van der Waals surface area contributed by atoms with Gasteiger partial charge in [0.15, 0.2) is 0 Å². The summed E-state index contributed by atoms with van der Waals surface area (Å²) in [4.78, 5) is 11.8. The van der Waals surface area contributed by atoms with E-state index in [4.69, 9.17) is 10.5 Å². The van der Waals surface area contributed by atoms with E-state index in [9.17, 15) is 4.79 Å². The van der Waals surface area contributed by atoms with Gasteiger partial charge in [0.1, 0.15) is 6.04 Å². The Hall–Kier alpha value is -1.40. The summed E-state index contributed by atoms with van der Waals surface area (Å²) in [6.07, 6.45) is 5.37. The van der Waals surface area contributed by atoms with Gasteiger partial charge in [-0.2, -0.15) is 5.10 Å². The van der Waals surface area contributed by atoms with Crippen molar-refractivity contribution in [1.82, 2.24) is 15.1 Å². The molecule has 17 heavy (non-hydrogen) atoms. The average Bonchev–Trinajstić information content (AvgIpc) is 2.68. The lowest BCUT2D eigenvalue weighted by molar-refractivity contribution is -0.124. The van der Waals surface area contributed by atoms with Gasteiger partial charge in [0.25, 0.3) is 0 Å². The minimum absolute atomic E-state index is 0.155. The molecule has 6 heteroatoms. The number of hydrogen-bond acceptors (Lipinski definition) is 4. The molecule has 1 aliphatic rings. The fourth-order valence-corrected chi connectivity index (χ4v) is 1.92. The number of nitrogens with one attached hydrogen (secondary N) is 1. The molecular weight excluding hydrogens is 220 g/mol. The first-order valence-corrected chi connectivity index (χ1v) is 5.67. The highest BCUT2D eigenvalue weighted by Gasteiger charge is 2.31. The van der Waals surface area contributed by atoms with Crippen molar-refractivity contribution < 1.29 is 9.53 Å². The fraction of sp³-hybridized carbons (Fsp3) is 0.636. The summed E-state index contributed by atoms with van der Waals surface area (Å²) in [5, 5.41) is 6.90. The quantitative estimate of drug-likeness (QED) is 0.755. The summed E-state index contributed by atoms with van der Waals surface area (Å²) >= 11 is 0. The number of hydrogen-bond donors (Lipinski definition) is 2. The Morgan fingerprint density at radius 3 is 2.94 bits per heavy atom. The van der Waals surface area contributed by atoms with Crippen molar-refractivity contribution in [3.63, 3.8) is 0 Å². The number of carbonyl (C=O) groups is 1. The zero-order valence-corrected chi connectivity index (χ0v) is 10.1. The van der Waals surface area contributed by atoms with Gasteiger partial charge in [-0.05, 0) is 12.8 Å². The second-order valence-electron chi connectivity index (χ2n) is 4.46. The molecule has 1 aromatic rings. The van der Waals surface area contributed by atoms with Crippen molar-refractivity contribution in [1.29, 1.82) is 0 Å². The summed E-state index contributed by atoms with van der Waals surface area (Å²) in [5.74, 6) is -0.155. The minimum Gasteiger partial charge on any atom is -0.381 e. The Kier molecular flexibility index (Phi) is 3.44. The lowest BCUT2D eigenvalue weighted by Crippen LogP contribution is -2.49. The molecule has 1 unspecified atom stereocenters. The van der Waals surface area contributed by atoms with E-state index in [0.717, 1.165) is 18.4 Å². The number of carbonyl (C=O) groups excluding carboxylic acids is 1. The first-order chi connectivity index (χ1) is 8.10. The van der Waals surface area contributed by atoms with Gasteiger partial charge in [-0.1, -0.05) is 0 Å². The van der Waals surface area contributed by atoms with Crippen LogP contribution in [-0.4, -0.2) is 34.9 Å². The molecular formula is C11H18N4O2. The molecule has 1 amide bonds. The van der Waals surface area contributed by atoms with Crippen LogP contribution in [0.3, 0.4) is 0 Å². The van der Waals surface area contributed by atoms with Crippen molar-refractivity contribution in [2.45, 2.75) is 31.0 Å². The molecule has 0 aliphatic heterocycles. The predicted molar refractivity (Wildman–Crippen MR) is 62.1 cm³/mol. The van der Waals surface area contributed by atoms with Crippen LogP contribution in [0.25, 0.3) is 0 Å². The maximum Gasteiger partial charge on any atom is 0.241 e. The van der Waals surface area contributed by atoms with E-state index < -0.39 is 6.04 Å². The van der Waals surface area contributed by atoms with Crippen LogP contribution in [0.15, 0.2) is 12.4 Å². The molecule has 1 saturated carbocycles. The van der Waals surface area contributed by atoms with E-state index in [0.29, 0.717) is 0 Å². The van der Waals surface area contributed by atoms with Crippen molar-refractivity contribution in [2.24, 2.45) is 12.8 Å². The van der Waals surface area contributed by atoms with E-state index in [1.165, 1.54) is 0 Å². The number of rotatable bonds is 4. The molecule has 2 rings (SSSR count). The Morgan fingerprint density at radius 2 is 2.41 bits per heavy atom. The van der Waals surface area contributed by atoms with Crippen LogP contribution in [0.1, 0.15) is 24.4 Å². The zero-order valence-electron chi connectivity index (χ0n) is 10.1. The minimum atomic E-state index is -0.648. The van der Waals surface area contributed by atoms with Crippen LogP contribution in [0, 0.1) is 0 Å². The molecule has 0 bridgehead atoms. The average molecular weight is 238 g/mol. The molecule has 3 N–H and O–H groups in total. The standard InChI is InChI=1S/C11H18N4O2/c1-15-6-7(5-13-15)10(12)11(16)14-8-3-9(4-8)17-2/h5-6,8-10H,3-4,12H2,1-2H3,(H,14,16). The van der Waals surface area contributed by atoms with E-state index in [2.05, 4.69) is 10.4 Å². The molecule has 0 saturated heterocycles. The Morgan fingerprint density at radius 1 is 1.71 bits per heavy atom. The van der Waals surface area contributed by atoms with Gasteiger partial charge in [-0.25, -0.2) is 0 Å². The molecule has 1 aliphatic carbocycles. The van der Waals surface area contributed by atoms with Crippen molar-refractivity contribution in [3.8, 4) is 0 Å². The number of methoxy groups -OCH3 is 1. The zero-order chi connectivity index (χ0) is 12.4. The summed E-state index contributed by atoms with van der Waals surface area (Å²) in [6, 6.07) is -0.458. The number of ether oxygens (including phenoxy) is 1. The third-order valence-corrected chi connectivity index (χ3v) is 3.14. The Labute approximate surface area is 100 Å². The van der Waals surface area contributed by atoms with Gasteiger partial charge < -0.3 is 15.8 Å². The van der Waals surface area contributed by atoms with Crippen molar-refractivity contribution >= 4 is 5.91 Å². The van der Waals surface area contributed by atoms with E-state index in [1.54, 1.807) is 31.2 Å². The summed E-state index contributed by atoms with van der Waals surface area (Å²) < 4.78 is 6.78. The highest BCUT2D eigenvalue weighted by atomic mass is 16.5. The lowest BCUT2D eigenvalue weighted by atomic mass is 9.89. The van der Waals surface area contributed by atoms with Crippen LogP contribution < -0.4 is 11.1 Å². The number of nitrogens with two attached hydrogens (primary N) is 1. The third kappa shape index (κ3) is 2.65. The van der Waals surface area contributed by atoms with Crippen LogP contribution in [0.5, 0.6) is 0 Å². The Balaban J connectivity index is 1.84. The molecule has 1 heterocycles. The molecule has 0 spiro atoms. The second-order valence-corrected chi connectivity index (χ2v) is 4.46. The molecule has 1 fully saturated rings. The predicted octanol–water partition coefficient (Wildman–Crippen LogP) is -0.286. The van der Waals surface area contributed by atoms with E-state index in [-0.39, 0.29) is 18.1 Å². The largest absolute Gasteiger partial charge is 0.381 e. The summed E-state index contributed by atoms with van der Waals surface area (Å²) in [6.45, 7) is 0. The number of nitrogens with zero attached hydrogens (tertiary/aromatic N) is 2. The van der Waals surface area contributed by atoms with Gasteiger partial charge in [0, 0.05) is 32.0 Å². The SMILES string of the molecule is COC1CC(NC(=O)C(N)c2cnn(C)c2)C1. The van der Waals surface area contributed by atoms with Gasteiger partial charge in [0.2, 0.25) is 5.91 Å². The van der Waals surface area contributed by atoms with Crippen LogP contribution in [-0.2, 0) is 16.6 Å².